The van der Waals surface area contributed by atoms with Crippen LogP contribution < -0.4 is 5.32 Å². The summed E-state index contributed by atoms with van der Waals surface area (Å²) < 4.78 is 27.5. The number of rotatable bonds is 6. The van der Waals surface area contributed by atoms with Gasteiger partial charge in [-0.15, -0.1) is 0 Å². The number of nitrogens with one attached hydrogen (secondary N) is 1. The number of aryl methyl sites for hydroxylation is 2. The van der Waals surface area contributed by atoms with E-state index in [0.717, 1.165) is 17.7 Å². The van der Waals surface area contributed by atoms with Crippen LogP contribution >= 0.6 is 11.6 Å². The normalized spacial score (nSPS) is 11.2. The van der Waals surface area contributed by atoms with Crippen LogP contribution in [0, 0.1) is 0 Å². The number of benzene rings is 1. The highest BCUT2D eigenvalue weighted by Crippen LogP contribution is 2.32. The van der Waals surface area contributed by atoms with E-state index in [1.165, 1.54) is 29.1 Å². The second-order valence-corrected chi connectivity index (χ2v) is 6.38. The topological polar surface area (TPSA) is 76.9 Å². The van der Waals surface area contributed by atoms with Crippen molar-refractivity contribution < 1.29 is 18.4 Å². The van der Waals surface area contributed by atoms with Crippen LogP contribution in [-0.2, 0) is 18.3 Å². The summed E-state index contributed by atoms with van der Waals surface area (Å²) in [7, 11) is 0. The molecule has 0 atom stereocenters. The van der Waals surface area contributed by atoms with E-state index in [2.05, 4.69) is 15.4 Å². The van der Waals surface area contributed by atoms with Gasteiger partial charge in [0.15, 0.2) is 0 Å². The number of halogens is 3. The van der Waals surface area contributed by atoms with Crippen molar-refractivity contribution >= 4 is 23.4 Å². The lowest BCUT2D eigenvalue weighted by molar-refractivity contribution is 0.0840. The number of imide groups is 1. The molecule has 0 saturated carbocycles. The molecule has 3 aromatic rings. The molecule has 6 nitrogen and oxygen atoms in total. The number of alkyl halides is 3. The Balaban J connectivity index is 1.65. The zero-order valence-corrected chi connectivity index (χ0v) is 15.2. The average molecular weight is 405 g/mol. The summed E-state index contributed by atoms with van der Waals surface area (Å²) in [4.78, 5) is 28.6. The number of hydrogen-bond acceptors (Lipinski definition) is 4. The molecule has 3 rings (SSSR count). The molecular formula is C19H15ClF2N4O2. The van der Waals surface area contributed by atoms with Gasteiger partial charge in [0.2, 0.25) is 0 Å². The molecule has 28 heavy (non-hydrogen) atoms. The first-order valence-corrected chi connectivity index (χ1v) is 8.66. The molecule has 0 aliphatic rings. The van der Waals surface area contributed by atoms with Gasteiger partial charge in [-0.25, -0.2) is 0 Å². The molecule has 144 valence electrons. The highest BCUT2D eigenvalue weighted by atomic mass is 35.5. The van der Waals surface area contributed by atoms with E-state index in [0.29, 0.717) is 13.0 Å². The smallest absolute Gasteiger partial charge is 0.287 e. The Morgan fingerprint density at radius 3 is 2.32 bits per heavy atom. The molecular weight excluding hydrogens is 390 g/mol. The van der Waals surface area contributed by atoms with Crippen molar-refractivity contribution in [3.05, 3.63) is 83.4 Å². The Morgan fingerprint density at radius 2 is 1.68 bits per heavy atom. The molecule has 0 spiro atoms. The lowest BCUT2D eigenvalue weighted by atomic mass is 10.1. The number of hydrogen-bond donors (Lipinski definition) is 1. The van der Waals surface area contributed by atoms with Crippen LogP contribution in [0.1, 0.15) is 32.0 Å². The van der Waals surface area contributed by atoms with Crippen LogP contribution in [0.4, 0.5) is 8.78 Å². The number of carbonyl (C=O) groups is 2. The Bertz CT molecular complexity index is 970. The van der Waals surface area contributed by atoms with Gasteiger partial charge in [-0.05, 0) is 53.9 Å². The molecule has 0 bridgehead atoms. The second-order valence-electron chi connectivity index (χ2n) is 5.90. The summed E-state index contributed by atoms with van der Waals surface area (Å²) in [5.41, 5.74) is 0.863. The van der Waals surface area contributed by atoms with Crippen molar-refractivity contribution in [1.82, 2.24) is 20.1 Å². The predicted molar refractivity (Wildman–Crippen MR) is 98.2 cm³/mol. The van der Waals surface area contributed by atoms with E-state index in [9.17, 15) is 18.4 Å². The number of aromatic nitrogens is 3. The number of carbonyl (C=O) groups excluding carboxylic acids is 2. The van der Waals surface area contributed by atoms with Crippen molar-refractivity contribution in [1.29, 1.82) is 0 Å². The van der Waals surface area contributed by atoms with E-state index in [1.54, 1.807) is 12.4 Å². The zero-order chi connectivity index (χ0) is 20.1. The van der Waals surface area contributed by atoms with Crippen molar-refractivity contribution in [3.63, 3.8) is 0 Å². The first kappa shape index (κ1) is 19.6. The third-order valence-electron chi connectivity index (χ3n) is 4.01. The molecule has 2 heterocycles. The monoisotopic (exact) mass is 404 g/mol. The average Bonchev–Trinajstić information content (AvgIpc) is 3.15. The molecule has 2 aromatic heterocycles. The summed E-state index contributed by atoms with van der Waals surface area (Å²) in [6, 6.07) is 9.63. The third kappa shape index (κ3) is 4.77. The minimum Gasteiger partial charge on any atom is -0.287 e. The maximum atomic E-state index is 13.0. The third-order valence-corrected chi connectivity index (χ3v) is 4.23. The molecule has 2 amide bonds. The van der Waals surface area contributed by atoms with Crippen molar-refractivity contribution in [3.8, 4) is 0 Å². The molecule has 0 aliphatic carbocycles. The molecule has 0 saturated heterocycles. The van der Waals surface area contributed by atoms with Gasteiger partial charge in [0.25, 0.3) is 11.8 Å². The quantitative estimate of drug-likeness (QED) is 0.504. The minimum absolute atomic E-state index is 0.0564. The van der Waals surface area contributed by atoms with Crippen LogP contribution in [0.3, 0.4) is 0 Å². The van der Waals surface area contributed by atoms with E-state index < -0.39 is 22.8 Å². The molecule has 9 heteroatoms. The molecule has 0 aliphatic heterocycles. The second kappa shape index (κ2) is 8.26. The van der Waals surface area contributed by atoms with Crippen LogP contribution in [0.15, 0.2) is 61.1 Å². The summed E-state index contributed by atoms with van der Waals surface area (Å²) in [5, 5.41) is 2.81. The van der Waals surface area contributed by atoms with Crippen molar-refractivity contribution in [2.45, 2.75) is 18.3 Å². The maximum Gasteiger partial charge on any atom is 0.348 e. The lowest BCUT2D eigenvalue weighted by Crippen LogP contribution is -2.32. The Kier molecular flexibility index (Phi) is 5.79. The van der Waals surface area contributed by atoms with Gasteiger partial charge in [-0.2, -0.15) is 13.9 Å². The summed E-state index contributed by atoms with van der Waals surface area (Å²) in [6.45, 7) is 0.438. The zero-order valence-electron chi connectivity index (χ0n) is 14.5. The first-order chi connectivity index (χ1) is 13.3. The summed E-state index contributed by atoms with van der Waals surface area (Å²) in [6.07, 6.45) is 5.45. The molecule has 1 N–H and O–H groups in total. The number of amides is 2. The fraction of sp³-hybridized carbons (Fsp3) is 0.158. The predicted octanol–water partition coefficient (Wildman–Crippen LogP) is 3.38. The van der Waals surface area contributed by atoms with Gasteiger partial charge >= 0.3 is 5.38 Å². The maximum absolute atomic E-state index is 13.0. The van der Waals surface area contributed by atoms with E-state index in [-0.39, 0.29) is 11.3 Å². The Labute approximate surface area is 164 Å². The lowest BCUT2D eigenvalue weighted by Gasteiger charge is -2.10. The van der Waals surface area contributed by atoms with Gasteiger partial charge in [0.1, 0.15) is 5.69 Å². The van der Waals surface area contributed by atoms with Gasteiger partial charge < -0.3 is 0 Å². The highest BCUT2D eigenvalue weighted by Gasteiger charge is 2.27. The fourth-order valence-electron chi connectivity index (χ4n) is 2.54. The molecule has 0 fully saturated rings. The van der Waals surface area contributed by atoms with E-state index in [1.807, 2.05) is 12.1 Å². The van der Waals surface area contributed by atoms with Gasteiger partial charge in [0, 0.05) is 36.3 Å². The largest absolute Gasteiger partial charge is 0.348 e. The Hall–Kier alpha value is -3.13. The number of pyridine rings is 1. The first-order valence-electron chi connectivity index (χ1n) is 8.28. The Morgan fingerprint density at radius 1 is 1.00 bits per heavy atom. The van der Waals surface area contributed by atoms with E-state index >= 15 is 0 Å². The van der Waals surface area contributed by atoms with Crippen LogP contribution in [0.25, 0.3) is 0 Å². The van der Waals surface area contributed by atoms with Crippen LogP contribution in [-0.4, -0.2) is 26.6 Å². The van der Waals surface area contributed by atoms with Gasteiger partial charge in [-0.1, -0.05) is 12.1 Å². The van der Waals surface area contributed by atoms with Crippen molar-refractivity contribution in [2.24, 2.45) is 0 Å². The van der Waals surface area contributed by atoms with Crippen LogP contribution in [0.5, 0.6) is 0 Å². The summed E-state index contributed by atoms with van der Waals surface area (Å²) >= 11 is 4.93. The fourth-order valence-corrected chi connectivity index (χ4v) is 2.66. The summed E-state index contributed by atoms with van der Waals surface area (Å²) in [5.74, 6) is -1.35. The SMILES string of the molecule is O=C(NC(=O)c1ccnn1CCc1ccncc1)c1ccc(C(F)(F)Cl)cc1. The molecule has 0 radical (unpaired) electrons. The van der Waals surface area contributed by atoms with Gasteiger partial charge in [0.05, 0.1) is 0 Å². The molecule has 1 aromatic carbocycles. The van der Waals surface area contributed by atoms with Gasteiger partial charge in [-0.3, -0.25) is 24.6 Å². The highest BCUT2D eigenvalue weighted by molar-refractivity contribution is 6.21. The van der Waals surface area contributed by atoms with Crippen LogP contribution in [0.2, 0.25) is 0 Å². The number of nitrogens with zero attached hydrogens (tertiary/aromatic N) is 3. The standard InChI is InChI=1S/C19H15ClF2N4O2/c20-19(21,22)15-3-1-14(2-4-15)17(27)25-18(28)16-7-11-24-26(16)12-8-13-5-9-23-10-6-13/h1-7,9-11H,8,12H2,(H,25,27,28). The molecule has 0 unspecified atom stereocenters. The van der Waals surface area contributed by atoms with Crippen molar-refractivity contribution in [2.75, 3.05) is 0 Å². The van der Waals surface area contributed by atoms with E-state index in [4.69, 9.17) is 11.6 Å². The minimum atomic E-state index is -3.52.